The van der Waals surface area contributed by atoms with Crippen LogP contribution in [0.4, 0.5) is 4.79 Å². The van der Waals surface area contributed by atoms with Gasteiger partial charge in [-0.2, -0.15) is 0 Å². The molecular weight excluding hydrogens is 212 g/mol. The summed E-state index contributed by atoms with van der Waals surface area (Å²) >= 11 is 0. The van der Waals surface area contributed by atoms with E-state index in [1.54, 1.807) is 27.7 Å². The number of carbonyl (C=O) groups excluding carboxylic acids is 2. The number of hydrogen-bond donors (Lipinski definition) is 2. The van der Waals surface area contributed by atoms with Gasteiger partial charge in [0, 0.05) is 6.04 Å². The van der Waals surface area contributed by atoms with Crippen LogP contribution >= 0.6 is 0 Å². The van der Waals surface area contributed by atoms with E-state index >= 15 is 0 Å². The molecule has 0 heterocycles. The van der Waals surface area contributed by atoms with Crippen molar-refractivity contribution in [2.45, 2.75) is 45.4 Å². The Hall–Kier alpha value is -1.30. The van der Waals surface area contributed by atoms with Gasteiger partial charge in [0.15, 0.2) is 0 Å². The molecule has 0 saturated carbocycles. The van der Waals surface area contributed by atoms with Crippen molar-refractivity contribution in [3.63, 3.8) is 0 Å². The van der Waals surface area contributed by atoms with Crippen LogP contribution in [0.3, 0.4) is 0 Å². The van der Waals surface area contributed by atoms with Gasteiger partial charge in [0.25, 0.3) is 0 Å². The average Bonchev–Trinajstić information content (AvgIpc) is 2.09. The van der Waals surface area contributed by atoms with Crippen LogP contribution in [-0.2, 0) is 14.3 Å². The van der Waals surface area contributed by atoms with Gasteiger partial charge < -0.3 is 20.5 Å². The smallest absolute Gasteiger partial charge is 0.408 e. The number of esters is 1. The summed E-state index contributed by atoms with van der Waals surface area (Å²) in [6.07, 6.45) is -0.694. The van der Waals surface area contributed by atoms with Gasteiger partial charge in [0.1, 0.15) is 11.6 Å². The minimum Gasteiger partial charge on any atom is -0.467 e. The summed E-state index contributed by atoms with van der Waals surface area (Å²) in [4.78, 5) is 22.7. The molecule has 0 aliphatic rings. The lowest BCUT2D eigenvalue weighted by atomic mass is 10.1. The van der Waals surface area contributed by atoms with Gasteiger partial charge in [0.05, 0.1) is 7.11 Å². The van der Waals surface area contributed by atoms with E-state index in [0.717, 1.165) is 0 Å². The zero-order valence-corrected chi connectivity index (χ0v) is 10.4. The minimum absolute atomic E-state index is 0.556. The molecule has 3 N–H and O–H groups in total. The second kappa shape index (κ2) is 5.69. The minimum atomic E-state index is -0.903. The number of ether oxygens (including phenoxy) is 2. The number of methoxy groups -OCH3 is 1. The highest BCUT2D eigenvalue weighted by atomic mass is 16.6. The molecule has 0 aromatic rings. The molecule has 0 unspecified atom stereocenters. The molecule has 0 aromatic carbocycles. The molecule has 0 aliphatic heterocycles. The van der Waals surface area contributed by atoms with Gasteiger partial charge in [0.2, 0.25) is 0 Å². The van der Waals surface area contributed by atoms with E-state index in [2.05, 4.69) is 10.1 Å². The summed E-state index contributed by atoms with van der Waals surface area (Å²) < 4.78 is 9.52. The third kappa shape index (κ3) is 5.55. The van der Waals surface area contributed by atoms with E-state index in [1.807, 2.05) is 0 Å². The number of rotatable bonds is 3. The van der Waals surface area contributed by atoms with Crippen LogP contribution in [0.1, 0.15) is 27.7 Å². The fraction of sp³-hybridized carbons (Fsp3) is 0.800. The lowest BCUT2D eigenvalue weighted by Gasteiger charge is -2.24. The lowest BCUT2D eigenvalue weighted by Crippen LogP contribution is -2.52. The molecule has 0 radical (unpaired) electrons. The summed E-state index contributed by atoms with van der Waals surface area (Å²) in [5, 5.41) is 2.36. The third-order valence-electron chi connectivity index (χ3n) is 1.65. The van der Waals surface area contributed by atoms with Crippen LogP contribution in [0.25, 0.3) is 0 Å². The number of amides is 1. The van der Waals surface area contributed by atoms with Crippen LogP contribution in [0, 0.1) is 0 Å². The van der Waals surface area contributed by atoms with Crippen molar-refractivity contribution in [3.8, 4) is 0 Å². The molecule has 16 heavy (non-hydrogen) atoms. The molecule has 0 bridgehead atoms. The Balaban J connectivity index is 4.42. The molecule has 6 nitrogen and oxygen atoms in total. The fourth-order valence-corrected chi connectivity index (χ4v) is 0.967. The zero-order chi connectivity index (χ0) is 12.9. The zero-order valence-electron chi connectivity index (χ0n) is 10.4. The summed E-state index contributed by atoms with van der Waals surface area (Å²) in [5.41, 5.74) is 4.93. The average molecular weight is 232 g/mol. The standard InChI is InChI=1S/C10H20N2O4/c1-6(11)7(8(13)15-5)12-9(14)16-10(2,3)4/h6-7H,11H2,1-5H3,(H,12,14)/t6-,7-/m1/s1. The Morgan fingerprint density at radius 1 is 1.31 bits per heavy atom. The fourth-order valence-electron chi connectivity index (χ4n) is 0.967. The van der Waals surface area contributed by atoms with Crippen LogP contribution in [0.5, 0.6) is 0 Å². The first-order valence-electron chi connectivity index (χ1n) is 5.00. The molecule has 6 heteroatoms. The SMILES string of the molecule is COC(=O)[C@H](NC(=O)OC(C)(C)C)[C@@H](C)N. The number of nitrogens with two attached hydrogens (primary N) is 1. The van der Waals surface area contributed by atoms with Gasteiger partial charge in [-0.25, -0.2) is 9.59 Å². The number of nitrogens with one attached hydrogen (secondary N) is 1. The van der Waals surface area contributed by atoms with E-state index in [1.165, 1.54) is 7.11 Å². The van der Waals surface area contributed by atoms with Gasteiger partial charge in [-0.15, -0.1) is 0 Å². The maximum Gasteiger partial charge on any atom is 0.408 e. The highest BCUT2D eigenvalue weighted by Crippen LogP contribution is 2.07. The second-order valence-corrected chi connectivity index (χ2v) is 4.51. The number of carbonyl (C=O) groups is 2. The Morgan fingerprint density at radius 3 is 2.12 bits per heavy atom. The Bertz CT molecular complexity index is 258. The molecule has 94 valence electrons. The molecule has 0 spiro atoms. The number of hydrogen-bond acceptors (Lipinski definition) is 5. The quantitative estimate of drug-likeness (QED) is 0.687. The predicted molar refractivity (Wildman–Crippen MR) is 58.8 cm³/mol. The highest BCUT2D eigenvalue weighted by Gasteiger charge is 2.27. The van der Waals surface area contributed by atoms with Crippen LogP contribution in [0.2, 0.25) is 0 Å². The van der Waals surface area contributed by atoms with E-state index in [4.69, 9.17) is 10.5 Å². The normalized spacial score (nSPS) is 14.9. The van der Waals surface area contributed by atoms with Crippen molar-refractivity contribution < 1.29 is 19.1 Å². The summed E-state index contributed by atoms with van der Waals surface area (Å²) in [5.74, 6) is -0.596. The van der Waals surface area contributed by atoms with Gasteiger partial charge in [-0.3, -0.25) is 0 Å². The Labute approximate surface area is 95.5 Å². The van der Waals surface area contributed by atoms with Gasteiger partial charge in [-0.05, 0) is 27.7 Å². The topological polar surface area (TPSA) is 90.6 Å². The summed E-state index contributed by atoms with van der Waals surface area (Å²) in [7, 11) is 1.23. The molecule has 1 amide bonds. The first kappa shape index (κ1) is 14.7. The largest absolute Gasteiger partial charge is 0.467 e. The highest BCUT2D eigenvalue weighted by molar-refractivity contribution is 5.82. The van der Waals surface area contributed by atoms with Crippen LogP contribution < -0.4 is 11.1 Å². The van der Waals surface area contributed by atoms with Crippen molar-refractivity contribution in [2.75, 3.05) is 7.11 Å². The summed E-state index contributed by atoms with van der Waals surface area (Å²) in [6, 6.07) is -1.46. The molecule has 0 rings (SSSR count). The van der Waals surface area contributed by atoms with E-state index in [-0.39, 0.29) is 0 Å². The monoisotopic (exact) mass is 232 g/mol. The first-order valence-corrected chi connectivity index (χ1v) is 5.00. The van der Waals surface area contributed by atoms with E-state index < -0.39 is 29.7 Å². The third-order valence-corrected chi connectivity index (χ3v) is 1.65. The van der Waals surface area contributed by atoms with Crippen LogP contribution in [0.15, 0.2) is 0 Å². The Kier molecular flexibility index (Phi) is 5.23. The summed E-state index contributed by atoms with van der Waals surface area (Å²) in [6.45, 7) is 6.78. The van der Waals surface area contributed by atoms with Crippen molar-refractivity contribution in [3.05, 3.63) is 0 Å². The van der Waals surface area contributed by atoms with Crippen molar-refractivity contribution >= 4 is 12.1 Å². The maximum absolute atomic E-state index is 11.4. The van der Waals surface area contributed by atoms with Gasteiger partial charge in [-0.1, -0.05) is 0 Å². The Morgan fingerprint density at radius 2 is 1.81 bits per heavy atom. The molecule has 0 saturated heterocycles. The number of alkyl carbamates (subject to hydrolysis) is 1. The molecule has 0 aromatic heterocycles. The van der Waals surface area contributed by atoms with Crippen molar-refractivity contribution in [2.24, 2.45) is 5.73 Å². The first-order chi connectivity index (χ1) is 7.17. The van der Waals surface area contributed by atoms with Crippen molar-refractivity contribution in [1.82, 2.24) is 5.32 Å². The van der Waals surface area contributed by atoms with Crippen molar-refractivity contribution in [1.29, 1.82) is 0 Å². The van der Waals surface area contributed by atoms with Gasteiger partial charge >= 0.3 is 12.1 Å². The maximum atomic E-state index is 11.4. The molecule has 0 fully saturated rings. The molecule has 2 atom stereocenters. The second-order valence-electron chi connectivity index (χ2n) is 4.51. The van der Waals surface area contributed by atoms with E-state index in [0.29, 0.717) is 0 Å². The molecule has 0 aliphatic carbocycles. The van der Waals surface area contributed by atoms with E-state index in [9.17, 15) is 9.59 Å². The predicted octanol–water partition coefficient (Wildman–Crippen LogP) is 0.400. The van der Waals surface area contributed by atoms with Crippen LogP contribution in [-0.4, -0.2) is 36.9 Å². The molecular formula is C10H20N2O4. The lowest BCUT2D eigenvalue weighted by molar-refractivity contribution is -0.143.